The smallest absolute Gasteiger partial charge is 0.334 e. The summed E-state index contributed by atoms with van der Waals surface area (Å²) in [6.45, 7) is 5.29. The van der Waals surface area contributed by atoms with Crippen molar-refractivity contribution < 1.29 is 14.8 Å². The first-order valence-corrected chi connectivity index (χ1v) is 6.98. The van der Waals surface area contributed by atoms with Crippen LogP contribution in [-0.2, 0) is 18.3 Å². The van der Waals surface area contributed by atoms with Gasteiger partial charge in [-0.2, -0.15) is 5.10 Å². The van der Waals surface area contributed by atoms with E-state index in [1.165, 1.54) is 11.6 Å². The molecule has 0 fully saturated rings. The summed E-state index contributed by atoms with van der Waals surface area (Å²) in [6.07, 6.45) is 2.20. The standard InChI is InChI=1S/C13H22N4O4/c1-5-7-9-10(17(20)21)11(16(4)15-9)14-13(3,8-6-2)12(18)19/h14H,5-8H2,1-4H3,(H,18,19). The van der Waals surface area contributed by atoms with Gasteiger partial charge in [0.25, 0.3) is 0 Å². The Labute approximate surface area is 123 Å². The number of carboxylic acid groups (broad SMARTS) is 1. The lowest BCUT2D eigenvalue weighted by atomic mass is 9.96. The second-order valence-corrected chi connectivity index (χ2v) is 5.29. The molecule has 0 aromatic carbocycles. The number of nitrogens with zero attached hydrogens (tertiary/aromatic N) is 3. The SMILES string of the molecule is CCCc1nn(C)c(NC(C)(CCC)C(=O)O)c1[N+](=O)[O-]. The molecule has 0 aliphatic carbocycles. The van der Waals surface area contributed by atoms with Gasteiger partial charge in [0.05, 0.1) is 4.92 Å². The molecule has 1 aromatic heterocycles. The maximum absolute atomic E-state index is 11.5. The van der Waals surface area contributed by atoms with E-state index in [9.17, 15) is 20.0 Å². The third kappa shape index (κ3) is 3.50. The first kappa shape index (κ1) is 16.9. The lowest BCUT2D eigenvalue weighted by Crippen LogP contribution is -2.43. The Hall–Kier alpha value is -2.12. The summed E-state index contributed by atoms with van der Waals surface area (Å²) in [5.41, 5.74) is -1.03. The lowest BCUT2D eigenvalue weighted by Gasteiger charge is -2.26. The van der Waals surface area contributed by atoms with E-state index in [1.807, 2.05) is 13.8 Å². The number of aromatic nitrogens is 2. The molecule has 0 saturated carbocycles. The van der Waals surface area contributed by atoms with E-state index in [0.717, 1.165) is 6.42 Å². The third-order valence-electron chi connectivity index (χ3n) is 3.38. The average Bonchev–Trinajstić information content (AvgIpc) is 2.66. The van der Waals surface area contributed by atoms with Crippen LogP contribution in [0.3, 0.4) is 0 Å². The highest BCUT2D eigenvalue weighted by atomic mass is 16.6. The van der Waals surface area contributed by atoms with Crippen LogP contribution in [0.2, 0.25) is 0 Å². The first-order chi connectivity index (χ1) is 9.76. The summed E-state index contributed by atoms with van der Waals surface area (Å²) in [7, 11) is 1.57. The molecule has 21 heavy (non-hydrogen) atoms. The Morgan fingerprint density at radius 1 is 1.48 bits per heavy atom. The predicted octanol–water partition coefficient (Wildman–Crippen LogP) is 2.34. The lowest BCUT2D eigenvalue weighted by molar-refractivity contribution is -0.384. The van der Waals surface area contributed by atoms with E-state index < -0.39 is 16.4 Å². The maximum atomic E-state index is 11.5. The van der Waals surface area contributed by atoms with E-state index in [1.54, 1.807) is 7.05 Å². The van der Waals surface area contributed by atoms with Crippen molar-refractivity contribution in [1.82, 2.24) is 9.78 Å². The van der Waals surface area contributed by atoms with Crippen LogP contribution >= 0.6 is 0 Å². The molecule has 1 aromatic rings. The van der Waals surface area contributed by atoms with Crippen LogP contribution in [0.15, 0.2) is 0 Å². The number of rotatable bonds is 8. The van der Waals surface area contributed by atoms with Crippen LogP contribution in [-0.4, -0.2) is 31.3 Å². The van der Waals surface area contributed by atoms with E-state index in [-0.39, 0.29) is 11.5 Å². The Morgan fingerprint density at radius 3 is 2.52 bits per heavy atom. The molecule has 1 unspecified atom stereocenters. The van der Waals surface area contributed by atoms with Crippen molar-refractivity contribution in [3.8, 4) is 0 Å². The molecule has 1 atom stereocenters. The van der Waals surface area contributed by atoms with Gasteiger partial charge in [-0.1, -0.05) is 26.7 Å². The molecular formula is C13H22N4O4. The van der Waals surface area contributed by atoms with Crippen LogP contribution < -0.4 is 5.32 Å². The molecule has 8 heteroatoms. The summed E-state index contributed by atoms with van der Waals surface area (Å²) in [4.78, 5) is 22.3. The predicted molar refractivity (Wildman–Crippen MR) is 78.4 cm³/mol. The van der Waals surface area contributed by atoms with Crippen molar-refractivity contribution in [3.05, 3.63) is 15.8 Å². The zero-order valence-electron chi connectivity index (χ0n) is 12.8. The minimum atomic E-state index is -1.27. The van der Waals surface area contributed by atoms with Gasteiger partial charge in [-0.05, 0) is 19.8 Å². The van der Waals surface area contributed by atoms with Gasteiger partial charge in [-0.25, -0.2) is 9.48 Å². The minimum Gasteiger partial charge on any atom is -0.480 e. The maximum Gasteiger partial charge on any atom is 0.334 e. The van der Waals surface area contributed by atoms with Crippen molar-refractivity contribution in [2.45, 2.75) is 52.0 Å². The number of aliphatic carboxylic acids is 1. The van der Waals surface area contributed by atoms with Crippen molar-refractivity contribution in [3.63, 3.8) is 0 Å². The topological polar surface area (TPSA) is 110 Å². The van der Waals surface area contributed by atoms with E-state index >= 15 is 0 Å². The average molecular weight is 298 g/mol. The van der Waals surface area contributed by atoms with Crippen molar-refractivity contribution in [1.29, 1.82) is 0 Å². The van der Waals surface area contributed by atoms with E-state index in [2.05, 4.69) is 10.4 Å². The summed E-state index contributed by atoms with van der Waals surface area (Å²) in [5, 5.41) is 27.7. The second kappa shape index (κ2) is 6.55. The molecule has 2 N–H and O–H groups in total. The van der Waals surface area contributed by atoms with Crippen molar-refractivity contribution >= 4 is 17.5 Å². The monoisotopic (exact) mass is 298 g/mol. The van der Waals surface area contributed by atoms with Gasteiger partial charge in [-0.3, -0.25) is 10.1 Å². The number of carbonyl (C=O) groups is 1. The molecule has 0 amide bonds. The highest BCUT2D eigenvalue weighted by molar-refractivity contribution is 5.83. The number of aryl methyl sites for hydroxylation is 2. The van der Waals surface area contributed by atoms with Crippen LogP contribution in [0.5, 0.6) is 0 Å². The Bertz CT molecular complexity index is 541. The normalized spacial score (nSPS) is 13.7. The molecule has 0 aliphatic rings. The number of nitrogens with one attached hydrogen (secondary N) is 1. The number of carboxylic acids is 1. The largest absolute Gasteiger partial charge is 0.480 e. The van der Waals surface area contributed by atoms with E-state index in [0.29, 0.717) is 25.0 Å². The number of hydrogen-bond donors (Lipinski definition) is 2. The van der Waals surface area contributed by atoms with Crippen molar-refractivity contribution in [2.75, 3.05) is 5.32 Å². The highest BCUT2D eigenvalue weighted by Crippen LogP contribution is 2.32. The summed E-state index contributed by atoms with van der Waals surface area (Å²) in [5.74, 6) is -0.904. The number of nitro groups is 1. The minimum absolute atomic E-state index is 0.136. The van der Waals surface area contributed by atoms with Gasteiger partial charge in [0.1, 0.15) is 11.2 Å². The van der Waals surface area contributed by atoms with Gasteiger partial charge in [-0.15, -0.1) is 0 Å². The molecule has 118 valence electrons. The Morgan fingerprint density at radius 2 is 2.10 bits per heavy atom. The molecule has 1 heterocycles. The van der Waals surface area contributed by atoms with E-state index in [4.69, 9.17) is 0 Å². The van der Waals surface area contributed by atoms with Gasteiger partial charge in [0, 0.05) is 7.05 Å². The fourth-order valence-corrected chi connectivity index (χ4v) is 2.29. The van der Waals surface area contributed by atoms with Gasteiger partial charge < -0.3 is 10.4 Å². The Kier molecular flexibility index (Phi) is 5.28. The zero-order chi connectivity index (χ0) is 16.2. The van der Waals surface area contributed by atoms with Crippen LogP contribution in [0, 0.1) is 10.1 Å². The molecule has 0 bridgehead atoms. The Balaban J connectivity index is 3.29. The third-order valence-corrected chi connectivity index (χ3v) is 3.38. The zero-order valence-corrected chi connectivity index (χ0v) is 12.8. The molecule has 0 radical (unpaired) electrons. The highest BCUT2D eigenvalue weighted by Gasteiger charge is 2.37. The number of hydrogen-bond acceptors (Lipinski definition) is 5. The molecule has 0 aliphatic heterocycles. The van der Waals surface area contributed by atoms with Crippen LogP contribution in [0.1, 0.15) is 45.7 Å². The summed E-state index contributed by atoms with van der Waals surface area (Å²) in [6, 6.07) is 0. The number of anilines is 1. The molecular weight excluding hydrogens is 276 g/mol. The molecule has 0 spiro atoms. The second-order valence-electron chi connectivity index (χ2n) is 5.29. The quantitative estimate of drug-likeness (QED) is 0.563. The fourth-order valence-electron chi connectivity index (χ4n) is 2.29. The molecule has 1 rings (SSSR count). The first-order valence-electron chi connectivity index (χ1n) is 6.98. The van der Waals surface area contributed by atoms with Crippen LogP contribution in [0.4, 0.5) is 11.5 Å². The fraction of sp³-hybridized carbons (Fsp3) is 0.692. The van der Waals surface area contributed by atoms with Crippen LogP contribution in [0.25, 0.3) is 0 Å². The van der Waals surface area contributed by atoms with Gasteiger partial charge in [0.15, 0.2) is 0 Å². The van der Waals surface area contributed by atoms with Gasteiger partial charge in [0.2, 0.25) is 5.82 Å². The molecule has 8 nitrogen and oxygen atoms in total. The summed E-state index contributed by atoms with van der Waals surface area (Å²) >= 11 is 0. The summed E-state index contributed by atoms with van der Waals surface area (Å²) < 4.78 is 1.35. The molecule has 0 saturated heterocycles. The van der Waals surface area contributed by atoms with Crippen molar-refractivity contribution in [2.24, 2.45) is 7.05 Å². The van der Waals surface area contributed by atoms with Gasteiger partial charge >= 0.3 is 11.7 Å².